The molecule has 3 atom stereocenters. The topological polar surface area (TPSA) is 89.9 Å². The highest BCUT2D eigenvalue weighted by Crippen LogP contribution is 2.48. The minimum absolute atomic E-state index is 0.0452. The van der Waals surface area contributed by atoms with Gasteiger partial charge in [0.15, 0.2) is 0 Å². The lowest BCUT2D eigenvalue weighted by atomic mass is 10.2. The average Bonchev–Trinajstić information content (AvgIpc) is 3.20. The van der Waals surface area contributed by atoms with Gasteiger partial charge in [0.25, 0.3) is 0 Å². The summed E-state index contributed by atoms with van der Waals surface area (Å²) < 4.78 is 10.3. The average molecular weight is 320 g/mol. The van der Waals surface area contributed by atoms with Gasteiger partial charge in [-0.15, -0.1) is 0 Å². The summed E-state index contributed by atoms with van der Waals surface area (Å²) >= 11 is 0. The van der Waals surface area contributed by atoms with Crippen LogP contribution in [-0.2, 0) is 30.5 Å². The normalized spacial score (nSPS) is 23.0. The summed E-state index contributed by atoms with van der Waals surface area (Å²) in [5.74, 6) is -5.58. The summed E-state index contributed by atoms with van der Waals surface area (Å²) in [5.41, 5.74) is 0.0588. The molecule has 1 aromatic rings. The number of rotatable bonds is 5. The second-order valence-corrected chi connectivity index (χ2v) is 6.54. The largest absolute Gasteiger partial charge is 0.481 e. The zero-order valence-electron chi connectivity index (χ0n) is 13.3. The van der Waals surface area contributed by atoms with Crippen LogP contribution in [0.4, 0.5) is 0 Å². The van der Waals surface area contributed by atoms with E-state index in [9.17, 15) is 14.4 Å². The summed E-state index contributed by atoms with van der Waals surface area (Å²) in [5, 5.41) is 9.16. The number of ether oxygens (including phenoxy) is 2. The lowest BCUT2D eigenvalue weighted by Crippen LogP contribution is -2.26. The van der Waals surface area contributed by atoms with Crippen LogP contribution in [0, 0.1) is 17.8 Å². The fraction of sp³-hybridized carbons (Fsp3) is 0.471. The van der Waals surface area contributed by atoms with E-state index in [1.165, 1.54) is 0 Å². The van der Waals surface area contributed by atoms with Crippen LogP contribution in [0.3, 0.4) is 0 Å². The molecule has 124 valence electrons. The molecule has 0 heterocycles. The molecule has 0 unspecified atom stereocenters. The molecule has 0 radical (unpaired) electrons. The van der Waals surface area contributed by atoms with E-state index in [-0.39, 0.29) is 6.61 Å². The van der Waals surface area contributed by atoms with Gasteiger partial charge in [0.05, 0.1) is 17.8 Å². The Balaban J connectivity index is 1.98. The number of carbonyl (C=O) groups is 3. The third kappa shape index (κ3) is 4.31. The maximum atomic E-state index is 12.1. The van der Waals surface area contributed by atoms with Crippen molar-refractivity contribution < 1.29 is 29.0 Å². The highest BCUT2D eigenvalue weighted by Gasteiger charge is 2.65. The summed E-state index contributed by atoms with van der Waals surface area (Å²) in [7, 11) is 0. The molecule has 0 amide bonds. The van der Waals surface area contributed by atoms with Crippen molar-refractivity contribution in [3.63, 3.8) is 0 Å². The molecule has 1 saturated carbocycles. The maximum Gasteiger partial charge on any atom is 0.311 e. The van der Waals surface area contributed by atoms with Crippen molar-refractivity contribution in [3.8, 4) is 0 Å². The second kappa shape index (κ2) is 6.40. The first-order valence-electron chi connectivity index (χ1n) is 7.37. The fourth-order valence-corrected chi connectivity index (χ4v) is 2.40. The van der Waals surface area contributed by atoms with E-state index in [0.717, 1.165) is 5.56 Å². The molecule has 1 fully saturated rings. The molecule has 1 aliphatic carbocycles. The monoisotopic (exact) mass is 320 g/mol. The third-order valence-corrected chi connectivity index (χ3v) is 3.48. The van der Waals surface area contributed by atoms with E-state index >= 15 is 0 Å². The van der Waals surface area contributed by atoms with Crippen LogP contribution in [-0.4, -0.2) is 28.6 Å². The van der Waals surface area contributed by atoms with Gasteiger partial charge >= 0.3 is 17.9 Å². The first-order valence-corrected chi connectivity index (χ1v) is 7.37. The predicted octanol–water partition coefficient (Wildman–Crippen LogP) is 2.02. The van der Waals surface area contributed by atoms with Gasteiger partial charge in [-0.3, -0.25) is 14.4 Å². The molecule has 1 aliphatic rings. The van der Waals surface area contributed by atoms with Crippen LogP contribution in [0.15, 0.2) is 30.3 Å². The van der Waals surface area contributed by atoms with Crippen LogP contribution < -0.4 is 0 Å². The molecule has 0 aromatic heterocycles. The Morgan fingerprint density at radius 1 is 1.00 bits per heavy atom. The maximum absolute atomic E-state index is 12.1. The summed E-state index contributed by atoms with van der Waals surface area (Å²) in [6.45, 7) is 5.10. The van der Waals surface area contributed by atoms with Gasteiger partial charge in [0, 0.05) is 0 Å². The molecule has 6 nitrogen and oxygen atoms in total. The van der Waals surface area contributed by atoms with Gasteiger partial charge in [-0.2, -0.15) is 0 Å². The number of hydrogen-bond donors (Lipinski definition) is 1. The third-order valence-electron chi connectivity index (χ3n) is 3.48. The number of esters is 2. The van der Waals surface area contributed by atoms with Gasteiger partial charge in [-0.1, -0.05) is 30.3 Å². The van der Waals surface area contributed by atoms with E-state index < -0.39 is 41.3 Å². The first-order chi connectivity index (χ1) is 10.7. The molecule has 2 rings (SSSR count). The summed E-state index contributed by atoms with van der Waals surface area (Å²) in [6.07, 6.45) is 0. The molecule has 0 saturated heterocycles. The Bertz CT molecular complexity index is 601. The van der Waals surface area contributed by atoms with Crippen molar-refractivity contribution >= 4 is 17.9 Å². The minimum Gasteiger partial charge on any atom is -0.481 e. The minimum atomic E-state index is -1.19. The lowest BCUT2D eigenvalue weighted by Gasteiger charge is -2.19. The molecular weight excluding hydrogens is 300 g/mol. The van der Waals surface area contributed by atoms with E-state index in [0.29, 0.717) is 0 Å². The molecule has 23 heavy (non-hydrogen) atoms. The van der Waals surface area contributed by atoms with Crippen molar-refractivity contribution in [2.45, 2.75) is 33.0 Å². The fourth-order valence-electron chi connectivity index (χ4n) is 2.40. The Morgan fingerprint density at radius 3 is 2.09 bits per heavy atom. The van der Waals surface area contributed by atoms with Gasteiger partial charge in [-0.05, 0) is 26.3 Å². The number of carboxylic acids is 1. The second-order valence-electron chi connectivity index (χ2n) is 6.54. The SMILES string of the molecule is CC(C)(C)OC(=O)[C@@H]1[C@@H](C(=O)O)[C@H]1C(=O)OCc1ccccc1. The van der Waals surface area contributed by atoms with Crippen LogP contribution >= 0.6 is 0 Å². The van der Waals surface area contributed by atoms with Crippen molar-refractivity contribution in [3.05, 3.63) is 35.9 Å². The number of carbonyl (C=O) groups excluding carboxylic acids is 2. The van der Waals surface area contributed by atoms with Crippen LogP contribution in [0.25, 0.3) is 0 Å². The van der Waals surface area contributed by atoms with Gasteiger partial charge in [0.1, 0.15) is 12.2 Å². The van der Waals surface area contributed by atoms with E-state index in [1.54, 1.807) is 32.9 Å². The van der Waals surface area contributed by atoms with E-state index in [4.69, 9.17) is 14.6 Å². The molecule has 0 aliphatic heterocycles. The molecule has 0 spiro atoms. The van der Waals surface area contributed by atoms with Crippen LogP contribution in [0.1, 0.15) is 26.3 Å². The highest BCUT2D eigenvalue weighted by atomic mass is 16.6. The highest BCUT2D eigenvalue weighted by molar-refractivity contribution is 5.97. The number of benzene rings is 1. The summed E-state index contributed by atoms with van der Waals surface area (Å²) in [6, 6.07) is 9.04. The zero-order valence-corrected chi connectivity index (χ0v) is 13.3. The molecule has 1 aromatic carbocycles. The van der Waals surface area contributed by atoms with Gasteiger partial charge in [-0.25, -0.2) is 0 Å². The Morgan fingerprint density at radius 2 is 1.57 bits per heavy atom. The molecular formula is C17H20O6. The van der Waals surface area contributed by atoms with Crippen molar-refractivity contribution in [1.82, 2.24) is 0 Å². The Hall–Kier alpha value is -2.37. The lowest BCUT2D eigenvalue weighted by molar-refractivity contribution is -0.160. The van der Waals surface area contributed by atoms with E-state index in [2.05, 4.69) is 0 Å². The number of hydrogen-bond acceptors (Lipinski definition) is 5. The molecule has 1 N–H and O–H groups in total. The van der Waals surface area contributed by atoms with Crippen LogP contribution in [0.2, 0.25) is 0 Å². The first kappa shape index (κ1) is 17.0. The molecule has 0 bridgehead atoms. The van der Waals surface area contributed by atoms with Crippen molar-refractivity contribution in [1.29, 1.82) is 0 Å². The quantitative estimate of drug-likeness (QED) is 0.835. The predicted molar refractivity (Wildman–Crippen MR) is 80.2 cm³/mol. The summed E-state index contributed by atoms with van der Waals surface area (Å²) in [4.78, 5) is 35.3. The number of aliphatic carboxylic acids is 1. The Labute approximate surface area is 134 Å². The number of carboxylic acid groups (broad SMARTS) is 1. The van der Waals surface area contributed by atoms with Crippen LogP contribution in [0.5, 0.6) is 0 Å². The smallest absolute Gasteiger partial charge is 0.311 e. The zero-order chi connectivity index (χ0) is 17.2. The molecule has 6 heteroatoms. The van der Waals surface area contributed by atoms with Crippen molar-refractivity contribution in [2.24, 2.45) is 17.8 Å². The van der Waals surface area contributed by atoms with E-state index in [1.807, 2.05) is 18.2 Å². The standard InChI is InChI=1S/C17H20O6/c1-17(2,3)23-16(21)13-11(14(18)19)12(13)15(20)22-9-10-7-5-4-6-8-10/h4-8,11-13H,9H2,1-3H3,(H,18,19)/t11-,12+,13+/m0/s1. The Kier molecular flexibility index (Phi) is 4.73. The van der Waals surface area contributed by atoms with Gasteiger partial charge in [0.2, 0.25) is 0 Å². The van der Waals surface area contributed by atoms with Crippen molar-refractivity contribution in [2.75, 3.05) is 0 Å². The van der Waals surface area contributed by atoms with Gasteiger partial charge < -0.3 is 14.6 Å².